The number of rotatable bonds is 6. The van der Waals surface area contributed by atoms with Crippen LogP contribution in [0.3, 0.4) is 0 Å². The molecule has 0 radical (unpaired) electrons. The van der Waals surface area contributed by atoms with Gasteiger partial charge in [0.25, 0.3) is 0 Å². The van der Waals surface area contributed by atoms with Crippen molar-refractivity contribution in [2.45, 2.75) is 19.0 Å². The molecule has 0 atom stereocenters. The third kappa shape index (κ3) is 4.98. The molecule has 0 aliphatic rings. The zero-order valence-corrected chi connectivity index (χ0v) is 18.7. The number of carbonyl (C=O) groups is 1. The van der Waals surface area contributed by atoms with E-state index in [4.69, 9.17) is 11.6 Å². The number of anilines is 1. The molecule has 4 aromatic rings. The number of amides is 1. The molecule has 3 aromatic carbocycles. The molecular weight excluding hydrogens is 428 g/mol. The monoisotopic (exact) mass is 448 g/mol. The van der Waals surface area contributed by atoms with E-state index in [1.165, 1.54) is 11.8 Å². The summed E-state index contributed by atoms with van der Waals surface area (Å²) >= 11 is 7.49. The topological polar surface area (TPSA) is 59.8 Å². The second kappa shape index (κ2) is 9.37. The van der Waals surface area contributed by atoms with Gasteiger partial charge in [-0.05, 0) is 49.7 Å². The fourth-order valence-electron chi connectivity index (χ4n) is 3.14. The molecule has 1 aromatic heterocycles. The van der Waals surface area contributed by atoms with Crippen LogP contribution >= 0.6 is 23.4 Å². The molecule has 0 spiro atoms. The summed E-state index contributed by atoms with van der Waals surface area (Å²) in [5, 5.41) is 13.0. The predicted molar refractivity (Wildman–Crippen MR) is 127 cm³/mol. The zero-order chi connectivity index (χ0) is 21.8. The summed E-state index contributed by atoms with van der Waals surface area (Å²) in [5.41, 5.74) is 4.70. The van der Waals surface area contributed by atoms with Crippen LogP contribution in [0.15, 0.2) is 78.0 Å². The Balaban J connectivity index is 1.58. The average Bonchev–Trinajstić information content (AvgIpc) is 3.19. The quantitative estimate of drug-likeness (QED) is 0.371. The van der Waals surface area contributed by atoms with Crippen molar-refractivity contribution in [3.05, 3.63) is 88.9 Å². The lowest BCUT2D eigenvalue weighted by atomic mass is 10.1. The maximum Gasteiger partial charge on any atom is 0.234 e. The molecule has 4 rings (SSSR count). The van der Waals surface area contributed by atoms with Gasteiger partial charge in [0.15, 0.2) is 11.0 Å². The molecule has 5 nitrogen and oxygen atoms in total. The Labute approximate surface area is 190 Å². The summed E-state index contributed by atoms with van der Waals surface area (Å²) in [4.78, 5) is 12.5. The number of hydrogen-bond acceptors (Lipinski definition) is 4. The fourth-order valence-corrected chi connectivity index (χ4v) is 4.07. The first-order valence-corrected chi connectivity index (χ1v) is 11.1. The normalized spacial score (nSPS) is 10.8. The third-order valence-corrected chi connectivity index (χ3v) is 6.05. The number of carbonyl (C=O) groups excluding carboxylic acids is 1. The number of nitrogens with one attached hydrogen (secondary N) is 1. The van der Waals surface area contributed by atoms with Gasteiger partial charge in [-0.3, -0.25) is 9.36 Å². The van der Waals surface area contributed by atoms with E-state index in [9.17, 15) is 4.79 Å². The summed E-state index contributed by atoms with van der Waals surface area (Å²) in [6.07, 6.45) is 0. The summed E-state index contributed by atoms with van der Waals surface area (Å²) in [6, 6.07) is 23.5. The van der Waals surface area contributed by atoms with E-state index in [-0.39, 0.29) is 11.7 Å². The zero-order valence-electron chi connectivity index (χ0n) is 17.2. The van der Waals surface area contributed by atoms with Gasteiger partial charge in [-0.25, -0.2) is 0 Å². The van der Waals surface area contributed by atoms with Crippen molar-refractivity contribution in [1.29, 1.82) is 0 Å². The van der Waals surface area contributed by atoms with E-state index in [1.807, 2.05) is 79.1 Å². The highest BCUT2D eigenvalue weighted by molar-refractivity contribution is 7.99. The largest absolute Gasteiger partial charge is 0.325 e. The number of para-hydroxylation sites is 1. The first-order valence-electron chi connectivity index (χ1n) is 9.78. The Morgan fingerprint density at radius 3 is 2.55 bits per heavy atom. The van der Waals surface area contributed by atoms with Crippen molar-refractivity contribution in [3.8, 4) is 17.1 Å². The minimum atomic E-state index is -0.135. The van der Waals surface area contributed by atoms with E-state index in [0.29, 0.717) is 15.9 Å². The summed E-state index contributed by atoms with van der Waals surface area (Å²) in [7, 11) is 0. The third-order valence-electron chi connectivity index (χ3n) is 4.71. The van der Waals surface area contributed by atoms with Crippen LogP contribution in [0, 0.1) is 13.8 Å². The molecule has 0 saturated heterocycles. The number of halogens is 1. The maximum atomic E-state index is 12.5. The van der Waals surface area contributed by atoms with E-state index in [2.05, 4.69) is 21.6 Å². The van der Waals surface area contributed by atoms with Crippen molar-refractivity contribution in [3.63, 3.8) is 0 Å². The molecule has 1 amide bonds. The Morgan fingerprint density at radius 2 is 1.81 bits per heavy atom. The van der Waals surface area contributed by atoms with Crippen molar-refractivity contribution in [1.82, 2.24) is 14.8 Å². The Morgan fingerprint density at radius 1 is 1.00 bits per heavy atom. The highest BCUT2D eigenvalue weighted by Gasteiger charge is 2.17. The highest BCUT2D eigenvalue weighted by Crippen LogP contribution is 2.28. The predicted octanol–water partition coefficient (Wildman–Crippen LogP) is 5.94. The van der Waals surface area contributed by atoms with Gasteiger partial charge < -0.3 is 5.32 Å². The lowest BCUT2D eigenvalue weighted by molar-refractivity contribution is -0.113. The number of aryl methyl sites for hydroxylation is 2. The lowest BCUT2D eigenvalue weighted by Crippen LogP contribution is -2.14. The first-order chi connectivity index (χ1) is 15.0. The number of hydrogen-bond donors (Lipinski definition) is 1. The van der Waals surface area contributed by atoms with Gasteiger partial charge >= 0.3 is 0 Å². The number of aromatic nitrogens is 3. The van der Waals surface area contributed by atoms with Crippen molar-refractivity contribution < 1.29 is 4.79 Å². The average molecular weight is 449 g/mol. The number of nitrogens with zero attached hydrogens (tertiary/aromatic N) is 3. The van der Waals surface area contributed by atoms with Crippen LogP contribution in [0.1, 0.15) is 11.1 Å². The number of benzene rings is 3. The van der Waals surface area contributed by atoms with E-state index < -0.39 is 0 Å². The smallest absolute Gasteiger partial charge is 0.234 e. The second-order valence-electron chi connectivity index (χ2n) is 7.15. The van der Waals surface area contributed by atoms with Crippen molar-refractivity contribution in [2.24, 2.45) is 0 Å². The molecule has 7 heteroatoms. The Kier molecular flexibility index (Phi) is 6.39. The number of thioether (sulfide) groups is 1. The van der Waals surface area contributed by atoms with E-state index in [1.54, 1.807) is 6.07 Å². The maximum absolute atomic E-state index is 12.5. The Bertz CT molecular complexity index is 1220. The van der Waals surface area contributed by atoms with E-state index in [0.717, 1.165) is 28.2 Å². The van der Waals surface area contributed by atoms with Crippen LogP contribution in [0.25, 0.3) is 17.1 Å². The second-order valence-corrected chi connectivity index (χ2v) is 8.50. The lowest BCUT2D eigenvalue weighted by Gasteiger charge is -2.11. The minimum absolute atomic E-state index is 0.135. The minimum Gasteiger partial charge on any atom is -0.325 e. The summed E-state index contributed by atoms with van der Waals surface area (Å²) in [6.45, 7) is 3.97. The van der Waals surface area contributed by atoms with Gasteiger partial charge in [0, 0.05) is 22.0 Å². The molecule has 0 aliphatic carbocycles. The van der Waals surface area contributed by atoms with Crippen LogP contribution in [0.4, 0.5) is 5.69 Å². The Hall–Kier alpha value is -3.09. The first kappa shape index (κ1) is 21.2. The van der Waals surface area contributed by atoms with Gasteiger partial charge in [-0.15, -0.1) is 10.2 Å². The van der Waals surface area contributed by atoms with Crippen molar-refractivity contribution in [2.75, 3.05) is 11.1 Å². The molecule has 0 aliphatic heterocycles. The molecule has 0 saturated carbocycles. The van der Waals surface area contributed by atoms with Gasteiger partial charge in [0.1, 0.15) is 0 Å². The molecule has 1 heterocycles. The molecule has 1 N–H and O–H groups in total. The molecule has 31 heavy (non-hydrogen) atoms. The van der Waals surface area contributed by atoms with Gasteiger partial charge in [-0.2, -0.15) is 0 Å². The molecule has 0 unspecified atom stereocenters. The summed E-state index contributed by atoms with van der Waals surface area (Å²) in [5.74, 6) is 0.803. The fraction of sp³-hybridized carbons (Fsp3) is 0.125. The van der Waals surface area contributed by atoms with Gasteiger partial charge in [0.2, 0.25) is 5.91 Å². The molecule has 156 valence electrons. The summed E-state index contributed by atoms with van der Waals surface area (Å²) < 4.78 is 1.98. The highest BCUT2D eigenvalue weighted by atomic mass is 35.5. The van der Waals surface area contributed by atoms with Crippen LogP contribution in [-0.2, 0) is 4.79 Å². The standard InChI is InChI=1S/C24H21ClN4OS/c1-16-7-6-8-18(13-16)23-27-28-24(29(23)20-9-4-3-5-10-20)31-15-22(30)26-19-12-11-17(2)21(25)14-19/h3-14H,15H2,1-2H3,(H,26,30). The van der Waals surface area contributed by atoms with Crippen molar-refractivity contribution >= 4 is 35.0 Å². The van der Waals surface area contributed by atoms with Gasteiger partial charge in [0.05, 0.1) is 5.75 Å². The van der Waals surface area contributed by atoms with Gasteiger partial charge in [-0.1, -0.05) is 71.4 Å². The van der Waals surface area contributed by atoms with E-state index >= 15 is 0 Å². The van der Waals surface area contributed by atoms with Crippen LogP contribution in [-0.4, -0.2) is 26.4 Å². The van der Waals surface area contributed by atoms with Crippen LogP contribution in [0.2, 0.25) is 5.02 Å². The molecule has 0 bridgehead atoms. The van der Waals surface area contributed by atoms with Crippen LogP contribution < -0.4 is 5.32 Å². The SMILES string of the molecule is Cc1cccc(-c2nnc(SCC(=O)Nc3ccc(C)c(Cl)c3)n2-c2ccccc2)c1. The molecule has 0 fully saturated rings. The molecular formula is C24H21ClN4OS. The van der Waals surface area contributed by atoms with Crippen LogP contribution in [0.5, 0.6) is 0 Å².